The summed E-state index contributed by atoms with van der Waals surface area (Å²) in [4.78, 5) is 33.6. The van der Waals surface area contributed by atoms with Gasteiger partial charge >= 0.3 is 11.9 Å². The van der Waals surface area contributed by atoms with Crippen molar-refractivity contribution in [2.75, 3.05) is 36.0 Å². The number of rotatable bonds is 30. The minimum atomic E-state index is -1.34. The van der Waals surface area contributed by atoms with Gasteiger partial charge in [0.2, 0.25) is 0 Å². The first-order chi connectivity index (χ1) is 36.4. The fraction of sp³-hybridized carbons (Fsp3) is 0.515. The number of hydrogen-bond donors (Lipinski definition) is 0. The van der Waals surface area contributed by atoms with Gasteiger partial charge in [0.25, 0.3) is 0 Å². The molecule has 5 aromatic carbocycles. The van der Waals surface area contributed by atoms with E-state index in [0.717, 1.165) is 85.5 Å². The third-order valence-electron chi connectivity index (χ3n) is 16.4. The number of nitrogens with zero attached hydrogens (tertiary/aromatic N) is 2. The van der Waals surface area contributed by atoms with Crippen LogP contribution >= 0.6 is 0 Å². The number of anilines is 2. The summed E-state index contributed by atoms with van der Waals surface area (Å²) in [5.74, 6) is 1.61. The maximum atomic E-state index is 14.2. The lowest BCUT2D eigenvalue weighted by Gasteiger charge is -2.41. The summed E-state index contributed by atoms with van der Waals surface area (Å²) in [7, 11) is 0. The lowest BCUT2D eigenvalue weighted by atomic mass is 9.73. The van der Waals surface area contributed by atoms with Gasteiger partial charge in [-0.1, -0.05) is 193 Å². The lowest BCUT2D eigenvalue weighted by molar-refractivity contribution is 0.0208. The molecule has 0 bridgehead atoms. The molecule has 0 radical (unpaired) electrons. The van der Waals surface area contributed by atoms with Crippen LogP contribution in [0.2, 0.25) is 0 Å². The van der Waals surface area contributed by atoms with Crippen LogP contribution in [0.4, 0.5) is 11.4 Å². The Hall–Kier alpha value is -5.76. The Balaban J connectivity index is 1.12. The van der Waals surface area contributed by atoms with Crippen LogP contribution in [0, 0.1) is 0 Å². The largest absolute Gasteiger partial charge is 0.456 e. The van der Waals surface area contributed by atoms with E-state index < -0.39 is 11.2 Å². The van der Waals surface area contributed by atoms with Crippen molar-refractivity contribution < 1.29 is 28.5 Å². The van der Waals surface area contributed by atoms with Crippen molar-refractivity contribution in [2.45, 2.75) is 193 Å². The zero-order chi connectivity index (χ0) is 51.3. The number of fused-ring (bicyclic) bond motifs is 12. The van der Waals surface area contributed by atoms with Gasteiger partial charge in [0.15, 0.2) is 11.2 Å². The first-order valence-corrected chi connectivity index (χ1v) is 29.4. The summed E-state index contributed by atoms with van der Waals surface area (Å²) in [5, 5.41) is 0. The molecule has 0 fully saturated rings. The van der Waals surface area contributed by atoms with Crippen molar-refractivity contribution in [1.82, 2.24) is 0 Å². The van der Waals surface area contributed by atoms with Crippen molar-refractivity contribution in [2.24, 2.45) is 0 Å². The highest BCUT2D eigenvalue weighted by atomic mass is 16.6. The van der Waals surface area contributed by atoms with E-state index in [0.29, 0.717) is 45.3 Å². The van der Waals surface area contributed by atoms with Crippen LogP contribution in [0.5, 0.6) is 23.0 Å². The highest BCUT2D eigenvalue weighted by molar-refractivity contribution is 5.98. The average Bonchev–Trinajstić information content (AvgIpc) is 3.89. The molecule has 0 N–H and O–H groups in total. The fourth-order valence-corrected chi connectivity index (χ4v) is 12.3. The van der Waals surface area contributed by atoms with Crippen molar-refractivity contribution in [3.8, 4) is 23.0 Å². The molecule has 2 atom stereocenters. The third-order valence-corrected chi connectivity index (χ3v) is 16.4. The predicted molar refractivity (Wildman–Crippen MR) is 301 cm³/mol. The number of hydrogen-bond acceptors (Lipinski definition) is 8. The van der Waals surface area contributed by atoms with Crippen LogP contribution in [0.15, 0.2) is 97.1 Å². The SMILES string of the molecule is CCCCCCCCN(CCCCCCCC)c1ccc2c(c1)Oc1cc3c(cc1C21OC(=O)c2ccccc21)C1(OC(=O)c2ccccc21)c1ccc(N(CCCCCCCC)CCCCCCCC)cc1O3. The molecule has 0 aliphatic carbocycles. The van der Waals surface area contributed by atoms with Gasteiger partial charge in [-0.2, -0.15) is 0 Å². The Morgan fingerprint density at radius 2 is 0.662 bits per heavy atom. The number of esters is 2. The Kier molecular flexibility index (Phi) is 18.1. The lowest BCUT2D eigenvalue weighted by Crippen LogP contribution is -2.37. The maximum absolute atomic E-state index is 14.2. The minimum absolute atomic E-state index is 0.387. The van der Waals surface area contributed by atoms with Gasteiger partial charge in [-0.05, 0) is 68.1 Å². The van der Waals surface area contributed by atoms with Crippen LogP contribution in [-0.4, -0.2) is 38.1 Å². The van der Waals surface area contributed by atoms with Gasteiger partial charge in [0, 0.05) is 89.1 Å². The summed E-state index contributed by atoms with van der Waals surface area (Å²) in [6.07, 6.45) is 29.7. The second-order valence-corrected chi connectivity index (χ2v) is 21.7. The van der Waals surface area contributed by atoms with E-state index in [1.165, 1.54) is 128 Å². The highest BCUT2D eigenvalue weighted by Crippen LogP contribution is 2.62. The van der Waals surface area contributed by atoms with E-state index in [9.17, 15) is 9.59 Å². The molecule has 2 unspecified atom stereocenters. The molecule has 4 aliphatic heterocycles. The Bertz CT molecular complexity index is 2480. The standard InChI is InChI=1S/C66H84N2O6/c1-5-9-13-17-21-29-41-67(42-30-22-18-14-10-6-2)49-37-39-55-59(45-49)71-61-48-62-58(47-57(61)65(55)53-35-27-25-33-51(53)63(69)73-65)66(54-36-28-26-34-52(54)64(70)74-66)56-40-38-50(46-60(56)72-62)68(43-31-23-19-15-11-7-3)44-32-24-20-16-12-8-4/h25-28,33-40,45-48H,5-24,29-32,41-44H2,1-4H3. The van der Waals surface area contributed by atoms with E-state index in [4.69, 9.17) is 18.9 Å². The molecule has 5 aromatic rings. The van der Waals surface area contributed by atoms with Crippen LogP contribution < -0.4 is 19.3 Å². The zero-order valence-electron chi connectivity index (χ0n) is 45.4. The molecule has 74 heavy (non-hydrogen) atoms. The van der Waals surface area contributed by atoms with Crippen LogP contribution in [0.25, 0.3) is 0 Å². The van der Waals surface area contributed by atoms with Crippen LogP contribution in [-0.2, 0) is 20.7 Å². The molecule has 0 amide bonds. The van der Waals surface area contributed by atoms with Gasteiger partial charge in [0.05, 0.1) is 11.1 Å². The second-order valence-electron chi connectivity index (χ2n) is 21.7. The van der Waals surface area contributed by atoms with E-state index in [1.54, 1.807) is 0 Å². The number of carbonyl (C=O) groups excluding carboxylic acids is 2. The van der Waals surface area contributed by atoms with Crippen LogP contribution in [0.3, 0.4) is 0 Å². The molecule has 2 spiro atoms. The summed E-state index contributed by atoms with van der Waals surface area (Å²) in [6, 6.07) is 32.4. The highest BCUT2D eigenvalue weighted by Gasteiger charge is 2.58. The van der Waals surface area contributed by atoms with E-state index in [-0.39, 0.29) is 11.9 Å². The number of ether oxygens (including phenoxy) is 4. The van der Waals surface area contributed by atoms with Crippen molar-refractivity contribution in [3.05, 3.63) is 142 Å². The first kappa shape index (κ1) is 53.1. The van der Waals surface area contributed by atoms with Crippen LogP contribution in [0.1, 0.15) is 236 Å². The number of carbonyl (C=O) groups is 2. The predicted octanol–water partition coefficient (Wildman–Crippen LogP) is 17.9. The third kappa shape index (κ3) is 11.0. The number of unbranched alkanes of at least 4 members (excludes halogenated alkanes) is 20. The second kappa shape index (κ2) is 25.2. The van der Waals surface area contributed by atoms with Gasteiger partial charge in [-0.3, -0.25) is 0 Å². The minimum Gasteiger partial charge on any atom is -0.456 e. The molecular formula is C66H84N2O6. The van der Waals surface area contributed by atoms with E-state index >= 15 is 0 Å². The van der Waals surface area contributed by atoms with E-state index in [1.807, 2.05) is 60.7 Å². The van der Waals surface area contributed by atoms with Crippen molar-refractivity contribution >= 4 is 23.3 Å². The number of benzene rings is 5. The first-order valence-electron chi connectivity index (χ1n) is 29.4. The monoisotopic (exact) mass is 1000 g/mol. The smallest absolute Gasteiger partial charge is 0.340 e. The van der Waals surface area contributed by atoms with Gasteiger partial charge < -0.3 is 28.7 Å². The Labute approximate surface area is 443 Å². The Morgan fingerprint density at radius 1 is 0.338 bits per heavy atom. The van der Waals surface area contributed by atoms with Crippen molar-refractivity contribution in [3.63, 3.8) is 0 Å². The van der Waals surface area contributed by atoms with Gasteiger partial charge in [-0.15, -0.1) is 0 Å². The molecule has 0 saturated heterocycles. The Morgan fingerprint density at radius 3 is 1.03 bits per heavy atom. The summed E-state index contributed by atoms with van der Waals surface area (Å²) in [6.45, 7) is 13.0. The van der Waals surface area contributed by atoms with Gasteiger partial charge in [-0.25, -0.2) is 9.59 Å². The summed E-state index contributed by atoms with van der Waals surface area (Å²) in [5.41, 5.74) is 4.96. The van der Waals surface area contributed by atoms with Gasteiger partial charge in [0.1, 0.15) is 23.0 Å². The zero-order valence-corrected chi connectivity index (χ0v) is 45.4. The molecule has 0 aromatic heterocycles. The summed E-state index contributed by atoms with van der Waals surface area (Å²) >= 11 is 0. The average molecular weight is 1000 g/mol. The fourth-order valence-electron chi connectivity index (χ4n) is 12.3. The molecule has 4 heterocycles. The maximum Gasteiger partial charge on any atom is 0.340 e. The molecule has 8 nitrogen and oxygen atoms in total. The summed E-state index contributed by atoms with van der Waals surface area (Å²) < 4.78 is 27.9. The molecular weight excluding hydrogens is 917 g/mol. The quantitative estimate of drug-likeness (QED) is 0.0333. The molecule has 9 rings (SSSR count). The van der Waals surface area contributed by atoms with E-state index in [2.05, 4.69) is 73.9 Å². The van der Waals surface area contributed by atoms with Crippen molar-refractivity contribution in [1.29, 1.82) is 0 Å². The molecule has 8 heteroatoms. The molecule has 394 valence electrons. The molecule has 0 saturated carbocycles. The topological polar surface area (TPSA) is 77.5 Å². The normalized spacial score (nSPS) is 17.4. The molecule has 4 aliphatic rings.